The number of alkyl halides is 3. The van der Waals surface area contributed by atoms with Gasteiger partial charge in [-0.25, -0.2) is 0 Å². The predicted octanol–water partition coefficient (Wildman–Crippen LogP) is 2.86. The van der Waals surface area contributed by atoms with E-state index < -0.39 is 11.7 Å². The molecule has 0 saturated carbocycles. The molecule has 0 radical (unpaired) electrons. The molecule has 0 fully saturated rings. The summed E-state index contributed by atoms with van der Waals surface area (Å²) in [5.41, 5.74) is -0.164. The molecule has 16 heavy (non-hydrogen) atoms. The van der Waals surface area contributed by atoms with Gasteiger partial charge in [0.05, 0.1) is 12.7 Å². The first-order valence-corrected chi connectivity index (χ1v) is 4.37. The largest absolute Gasteiger partial charge is 0.496 e. The monoisotopic (exact) mass is 255 g/mol. The van der Waals surface area contributed by atoms with Gasteiger partial charge in [0, 0.05) is 12.1 Å². The SMILES string of the molecule is CNCc1cc(C(F)(F)F)ccc1OC.Cl. The molecule has 0 aliphatic rings. The summed E-state index contributed by atoms with van der Waals surface area (Å²) in [6.07, 6.45) is -4.31. The van der Waals surface area contributed by atoms with Crippen molar-refractivity contribution >= 4 is 12.4 Å². The highest BCUT2D eigenvalue weighted by Crippen LogP contribution is 2.32. The molecule has 1 N–H and O–H groups in total. The van der Waals surface area contributed by atoms with Crippen LogP contribution in [0.1, 0.15) is 11.1 Å². The van der Waals surface area contributed by atoms with E-state index in [2.05, 4.69) is 5.32 Å². The summed E-state index contributed by atoms with van der Waals surface area (Å²) in [5, 5.41) is 2.79. The summed E-state index contributed by atoms with van der Waals surface area (Å²) >= 11 is 0. The first-order valence-electron chi connectivity index (χ1n) is 4.37. The predicted molar refractivity (Wildman–Crippen MR) is 58.0 cm³/mol. The van der Waals surface area contributed by atoms with Crippen LogP contribution in [0, 0.1) is 0 Å². The maximum Gasteiger partial charge on any atom is 0.416 e. The highest BCUT2D eigenvalue weighted by molar-refractivity contribution is 5.85. The molecule has 0 spiro atoms. The first-order chi connectivity index (χ1) is 6.99. The molecular formula is C10H13ClF3NO. The molecule has 0 aliphatic heterocycles. The lowest BCUT2D eigenvalue weighted by molar-refractivity contribution is -0.137. The van der Waals surface area contributed by atoms with Crippen LogP contribution in [0.15, 0.2) is 18.2 Å². The molecule has 0 aromatic heterocycles. The van der Waals surface area contributed by atoms with Crippen LogP contribution < -0.4 is 10.1 Å². The van der Waals surface area contributed by atoms with Crippen LogP contribution in [0.5, 0.6) is 5.75 Å². The van der Waals surface area contributed by atoms with Crippen molar-refractivity contribution < 1.29 is 17.9 Å². The lowest BCUT2D eigenvalue weighted by atomic mass is 10.1. The zero-order chi connectivity index (χ0) is 11.5. The van der Waals surface area contributed by atoms with E-state index in [4.69, 9.17) is 4.74 Å². The Labute approximate surface area is 98.2 Å². The molecule has 0 aliphatic carbocycles. The van der Waals surface area contributed by atoms with Crippen molar-refractivity contribution in [3.8, 4) is 5.75 Å². The molecule has 0 atom stereocenters. The number of hydrogen-bond acceptors (Lipinski definition) is 2. The standard InChI is InChI=1S/C10H12F3NO.ClH/c1-14-6-7-5-8(10(11,12)13)3-4-9(7)15-2;/h3-5,14H,6H2,1-2H3;1H. The van der Waals surface area contributed by atoms with Crippen molar-refractivity contribution in [1.29, 1.82) is 0 Å². The van der Waals surface area contributed by atoms with Gasteiger partial charge in [-0.3, -0.25) is 0 Å². The molecule has 0 bridgehead atoms. The van der Waals surface area contributed by atoms with E-state index in [1.165, 1.54) is 13.2 Å². The quantitative estimate of drug-likeness (QED) is 0.897. The van der Waals surface area contributed by atoms with Gasteiger partial charge in [0.25, 0.3) is 0 Å². The molecular weight excluding hydrogens is 243 g/mol. The zero-order valence-corrected chi connectivity index (χ0v) is 9.71. The minimum Gasteiger partial charge on any atom is -0.496 e. The second kappa shape index (κ2) is 5.96. The van der Waals surface area contributed by atoms with Crippen LogP contribution in [0.3, 0.4) is 0 Å². The van der Waals surface area contributed by atoms with Gasteiger partial charge in [0.2, 0.25) is 0 Å². The van der Waals surface area contributed by atoms with Gasteiger partial charge in [-0.1, -0.05) is 0 Å². The lowest BCUT2D eigenvalue weighted by Crippen LogP contribution is -2.10. The highest BCUT2D eigenvalue weighted by atomic mass is 35.5. The van der Waals surface area contributed by atoms with Gasteiger partial charge in [0.1, 0.15) is 5.75 Å². The van der Waals surface area contributed by atoms with Crippen LogP contribution in [0.4, 0.5) is 13.2 Å². The van der Waals surface area contributed by atoms with Crippen LogP contribution in [0.25, 0.3) is 0 Å². The third-order valence-electron chi connectivity index (χ3n) is 1.97. The number of rotatable bonds is 3. The number of benzene rings is 1. The third kappa shape index (κ3) is 3.57. The van der Waals surface area contributed by atoms with Gasteiger partial charge in [-0.2, -0.15) is 13.2 Å². The van der Waals surface area contributed by atoms with E-state index in [1.807, 2.05) is 0 Å². The van der Waals surface area contributed by atoms with Crippen molar-refractivity contribution in [3.63, 3.8) is 0 Å². The average Bonchev–Trinajstić information content (AvgIpc) is 2.17. The normalized spacial score (nSPS) is 10.8. The summed E-state index contributed by atoms with van der Waals surface area (Å²) in [4.78, 5) is 0. The van der Waals surface area contributed by atoms with Gasteiger partial charge in [-0.05, 0) is 25.2 Å². The van der Waals surface area contributed by atoms with Crippen LogP contribution in [0.2, 0.25) is 0 Å². The molecule has 1 aromatic carbocycles. The Hall–Kier alpha value is -0.940. The Morgan fingerprint density at radius 2 is 1.94 bits per heavy atom. The van der Waals surface area contributed by atoms with Crippen molar-refractivity contribution in [2.75, 3.05) is 14.2 Å². The minimum atomic E-state index is -4.31. The topological polar surface area (TPSA) is 21.3 Å². The smallest absolute Gasteiger partial charge is 0.416 e. The van der Waals surface area contributed by atoms with E-state index in [0.29, 0.717) is 17.9 Å². The Kier molecular flexibility index (Phi) is 5.61. The fourth-order valence-electron chi connectivity index (χ4n) is 1.28. The lowest BCUT2D eigenvalue weighted by Gasteiger charge is -2.12. The summed E-state index contributed by atoms with van der Waals surface area (Å²) in [7, 11) is 3.10. The molecule has 2 nitrogen and oxygen atoms in total. The molecule has 0 unspecified atom stereocenters. The van der Waals surface area contributed by atoms with E-state index in [9.17, 15) is 13.2 Å². The van der Waals surface area contributed by atoms with Crippen molar-refractivity contribution in [3.05, 3.63) is 29.3 Å². The van der Waals surface area contributed by atoms with E-state index in [0.717, 1.165) is 12.1 Å². The Morgan fingerprint density at radius 3 is 2.38 bits per heavy atom. The molecule has 1 aromatic rings. The van der Waals surface area contributed by atoms with Crippen LogP contribution in [-0.4, -0.2) is 14.2 Å². The molecule has 1 rings (SSSR count). The number of methoxy groups -OCH3 is 1. The van der Waals surface area contributed by atoms with E-state index in [-0.39, 0.29) is 12.4 Å². The van der Waals surface area contributed by atoms with Gasteiger partial charge in [0.15, 0.2) is 0 Å². The highest BCUT2D eigenvalue weighted by Gasteiger charge is 2.30. The van der Waals surface area contributed by atoms with Crippen molar-refractivity contribution in [2.45, 2.75) is 12.7 Å². The molecule has 6 heteroatoms. The van der Waals surface area contributed by atoms with Gasteiger partial charge in [-0.15, -0.1) is 12.4 Å². The van der Waals surface area contributed by atoms with E-state index >= 15 is 0 Å². The Morgan fingerprint density at radius 1 is 1.31 bits per heavy atom. The maximum atomic E-state index is 12.4. The number of nitrogens with one attached hydrogen (secondary N) is 1. The van der Waals surface area contributed by atoms with E-state index in [1.54, 1.807) is 7.05 Å². The first kappa shape index (κ1) is 15.1. The second-order valence-electron chi connectivity index (χ2n) is 3.05. The Bertz CT molecular complexity index is 341. The molecule has 0 heterocycles. The zero-order valence-electron chi connectivity index (χ0n) is 8.89. The summed E-state index contributed by atoms with van der Waals surface area (Å²) in [6.45, 7) is 0.340. The average molecular weight is 256 g/mol. The molecule has 0 amide bonds. The summed E-state index contributed by atoms with van der Waals surface area (Å²) in [6, 6.07) is 3.43. The fourth-order valence-corrected chi connectivity index (χ4v) is 1.28. The number of ether oxygens (including phenoxy) is 1. The van der Waals surface area contributed by atoms with Gasteiger partial charge >= 0.3 is 6.18 Å². The summed E-state index contributed by atoms with van der Waals surface area (Å²) < 4.78 is 42.1. The van der Waals surface area contributed by atoms with Gasteiger partial charge < -0.3 is 10.1 Å². The molecule has 0 saturated heterocycles. The van der Waals surface area contributed by atoms with Crippen LogP contribution in [-0.2, 0) is 12.7 Å². The second-order valence-corrected chi connectivity index (χ2v) is 3.05. The van der Waals surface area contributed by atoms with Crippen molar-refractivity contribution in [1.82, 2.24) is 5.32 Å². The molecule has 92 valence electrons. The van der Waals surface area contributed by atoms with Crippen molar-refractivity contribution in [2.24, 2.45) is 0 Å². The van der Waals surface area contributed by atoms with Crippen LogP contribution >= 0.6 is 12.4 Å². The fraction of sp³-hybridized carbons (Fsp3) is 0.400. The number of hydrogen-bond donors (Lipinski definition) is 1. The minimum absolute atomic E-state index is 0. The summed E-state index contributed by atoms with van der Waals surface area (Å²) in [5.74, 6) is 0.456. The third-order valence-corrected chi connectivity index (χ3v) is 1.97. The number of halogens is 4. The maximum absolute atomic E-state index is 12.4. The Balaban J connectivity index is 0.00000225.